The predicted octanol–water partition coefficient (Wildman–Crippen LogP) is 1.33. The van der Waals surface area contributed by atoms with Crippen molar-refractivity contribution in [3.63, 3.8) is 0 Å². The van der Waals surface area contributed by atoms with Gasteiger partial charge in [0.15, 0.2) is 0 Å². The Morgan fingerprint density at radius 3 is 2.27 bits per heavy atom. The van der Waals surface area contributed by atoms with Gasteiger partial charge in [-0.3, -0.25) is 4.90 Å². The van der Waals surface area contributed by atoms with E-state index < -0.39 is 23.7 Å². The number of amides is 1. The van der Waals surface area contributed by atoms with Crippen LogP contribution in [0, 0.1) is 5.92 Å². The fraction of sp³-hybridized carbons (Fsp3) is 0.800. The van der Waals surface area contributed by atoms with Crippen LogP contribution in [0.5, 0.6) is 0 Å². The first-order valence-electron chi connectivity index (χ1n) is 4.95. The zero-order chi connectivity index (χ0) is 11.8. The molecule has 0 aliphatic carbocycles. The summed E-state index contributed by atoms with van der Waals surface area (Å²) in [6.07, 6.45) is -0.548. The Bertz CT molecular complexity index is 282. The van der Waals surface area contributed by atoms with Crippen molar-refractivity contribution >= 4 is 12.1 Å². The molecule has 0 spiro atoms. The van der Waals surface area contributed by atoms with Crippen LogP contribution in [0.3, 0.4) is 0 Å². The van der Waals surface area contributed by atoms with Gasteiger partial charge in [-0.25, -0.2) is 9.59 Å². The first-order chi connectivity index (χ1) is 6.72. The van der Waals surface area contributed by atoms with Gasteiger partial charge < -0.3 is 9.84 Å². The molecule has 15 heavy (non-hydrogen) atoms. The monoisotopic (exact) mass is 215 g/mol. The lowest BCUT2D eigenvalue weighted by Crippen LogP contribution is -2.61. The number of aliphatic carboxylic acids is 1. The van der Waals surface area contributed by atoms with Crippen LogP contribution < -0.4 is 0 Å². The molecular formula is C10H17NO4. The topological polar surface area (TPSA) is 66.8 Å². The molecule has 1 amide bonds. The van der Waals surface area contributed by atoms with E-state index in [-0.39, 0.29) is 5.92 Å². The van der Waals surface area contributed by atoms with Crippen molar-refractivity contribution in [1.29, 1.82) is 0 Å². The summed E-state index contributed by atoms with van der Waals surface area (Å²) >= 11 is 0. The third kappa shape index (κ3) is 2.61. The maximum atomic E-state index is 11.5. The fourth-order valence-corrected chi connectivity index (χ4v) is 1.58. The van der Waals surface area contributed by atoms with E-state index in [2.05, 4.69) is 0 Å². The lowest BCUT2D eigenvalue weighted by Gasteiger charge is -2.43. The molecule has 86 valence electrons. The number of ether oxygens (including phenoxy) is 1. The minimum absolute atomic E-state index is 0.00461. The molecule has 1 aliphatic rings. The van der Waals surface area contributed by atoms with Crippen LogP contribution in [0.4, 0.5) is 4.79 Å². The van der Waals surface area contributed by atoms with Crippen LogP contribution in [0.15, 0.2) is 0 Å². The van der Waals surface area contributed by atoms with E-state index in [9.17, 15) is 9.59 Å². The van der Waals surface area contributed by atoms with Crippen LogP contribution in [0.25, 0.3) is 0 Å². The molecule has 1 heterocycles. The molecule has 5 heteroatoms. The number of hydrogen-bond acceptors (Lipinski definition) is 3. The molecule has 5 nitrogen and oxygen atoms in total. The van der Waals surface area contributed by atoms with Crippen LogP contribution in [-0.2, 0) is 9.53 Å². The van der Waals surface area contributed by atoms with Crippen molar-refractivity contribution in [3.8, 4) is 0 Å². The number of carbonyl (C=O) groups is 2. The number of carbonyl (C=O) groups excluding carboxylic acids is 1. The highest BCUT2D eigenvalue weighted by molar-refractivity contribution is 5.82. The van der Waals surface area contributed by atoms with Gasteiger partial charge in [-0.1, -0.05) is 6.92 Å². The molecule has 1 saturated heterocycles. The predicted molar refractivity (Wildman–Crippen MR) is 53.5 cm³/mol. The van der Waals surface area contributed by atoms with Gasteiger partial charge >= 0.3 is 12.1 Å². The van der Waals surface area contributed by atoms with Crippen molar-refractivity contribution in [3.05, 3.63) is 0 Å². The smallest absolute Gasteiger partial charge is 0.411 e. The summed E-state index contributed by atoms with van der Waals surface area (Å²) in [5.74, 6) is -0.977. The lowest BCUT2D eigenvalue weighted by molar-refractivity contribution is -0.151. The summed E-state index contributed by atoms with van der Waals surface area (Å²) < 4.78 is 5.09. The highest BCUT2D eigenvalue weighted by Gasteiger charge is 2.45. The molecule has 0 aromatic rings. The summed E-state index contributed by atoms with van der Waals surface area (Å²) in [5.41, 5.74) is -0.584. The summed E-state index contributed by atoms with van der Waals surface area (Å²) in [5, 5.41) is 8.87. The van der Waals surface area contributed by atoms with Crippen LogP contribution in [0.2, 0.25) is 0 Å². The van der Waals surface area contributed by atoms with Crippen LogP contribution in [-0.4, -0.2) is 40.3 Å². The second-order valence-corrected chi connectivity index (χ2v) is 4.89. The van der Waals surface area contributed by atoms with E-state index in [1.54, 1.807) is 27.7 Å². The average Bonchev–Trinajstić information content (AvgIpc) is 1.94. The molecule has 2 atom stereocenters. The number of hydrogen-bond donors (Lipinski definition) is 1. The van der Waals surface area contributed by atoms with E-state index in [1.807, 2.05) is 0 Å². The van der Waals surface area contributed by atoms with Gasteiger partial charge in [-0.05, 0) is 20.8 Å². The van der Waals surface area contributed by atoms with E-state index >= 15 is 0 Å². The summed E-state index contributed by atoms with van der Waals surface area (Å²) in [6.45, 7) is 7.52. The fourth-order valence-electron chi connectivity index (χ4n) is 1.58. The molecular weight excluding hydrogens is 198 g/mol. The molecule has 1 aliphatic heterocycles. The normalized spacial score (nSPS) is 25.7. The van der Waals surface area contributed by atoms with E-state index in [0.717, 1.165) is 0 Å². The van der Waals surface area contributed by atoms with Gasteiger partial charge in [0.25, 0.3) is 0 Å². The summed E-state index contributed by atoms with van der Waals surface area (Å²) in [4.78, 5) is 23.6. The molecule has 0 aromatic carbocycles. The number of carboxylic acids is 1. The van der Waals surface area contributed by atoms with Gasteiger partial charge in [0.1, 0.15) is 11.6 Å². The van der Waals surface area contributed by atoms with Crippen LogP contribution >= 0.6 is 0 Å². The van der Waals surface area contributed by atoms with Gasteiger partial charge in [0.05, 0.1) is 0 Å². The van der Waals surface area contributed by atoms with Crippen molar-refractivity contribution < 1.29 is 19.4 Å². The largest absolute Gasteiger partial charge is 0.480 e. The quantitative estimate of drug-likeness (QED) is 0.716. The van der Waals surface area contributed by atoms with Gasteiger partial charge in [0, 0.05) is 12.5 Å². The molecule has 0 bridgehead atoms. The van der Waals surface area contributed by atoms with Crippen molar-refractivity contribution in [2.24, 2.45) is 5.92 Å². The number of carboxylic acid groups (broad SMARTS) is 1. The molecule has 0 aromatic heterocycles. The summed E-state index contributed by atoms with van der Waals surface area (Å²) in [7, 11) is 0. The molecule has 0 saturated carbocycles. The standard InChI is InChI=1S/C10H17NO4/c1-6-5-11(7(6)8(12)13)9(14)15-10(2,3)4/h6-7H,5H2,1-4H3,(H,12,13)/t6-,7+/m1/s1. The second-order valence-electron chi connectivity index (χ2n) is 4.89. The van der Waals surface area contributed by atoms with E-state index in [0.29, 0.717) is 6.54 Å². The number of rotatable bonds is 1. The highest BCUT2D eigenvalue weighted by Crippen LogP contribution is 2.26. The van der Waals surface area contributed by atoms with Crippen molar-refractivity contribution in [2.45, 2.75) is 39.3 Å². The van der Waals surface area contributed by atoms with Gasteiger partial charge in [0.2, 0.25) is 0 Å². The average molecular weight is 215 g/mol. The van der Waals surface area contributed by atoms with Crippen LogP contribution in [0.1, 0.15) is 27.7 Å². The summed E-state index contributed by atoms with van der Waals surface area (Å²) in [6, 6.07) is -0.736. The Balaban J connectivity index is 2.59. The van der Waals surface area contributed by atoms with E-state index in [1.165, 1.54) is 4.90 Å². The lowest BCUT2D eigenvalue weighted by atomic mass is 9.91. The van der Waals surface area contributed by atoms with E-state index in [4.69, 9.17) is 9.84 Å². The zero-order valence-corrected chi connectivity index (χ0v) is 9.48. The molecule has 1 rings (SSSR count). The Morgan fingerprint density at radius 2 is 1.93 bits per heavy atom. The third-order valence-corrected chi connectivity index (χ3v) is 2.24. The first kappa shape index (κ1) is 11.8. The highest BCUT2D eigenvalue weighted by atomic mass is 16.6. The third-order valence-electron chi connectivity index (χ3n) is 2.24. The Labute approximate surface area is 89.0 Å². The van der Waals surface area contributed by atoms with Gasteiger partial charge in [-0.2, -0.15) is 0 Å². The first-order valence-corrected chi connectivity index (χ1v) is 4.95. The second kappa shape index (κ2) is 3.72. The van der Waals surface area contributed by atoms with Gasteiger partial charge in [-0.15, -0.1) is 0 Å². The SMILES string of the molecule is C[C@@H]1CN(C(=O)OC(C)(C)C)[C@@H]1C(=O)O. The Morgan fingerprint density at radius 1 is 1.40 bits per heavy atom. The van der Waals surface area contributed by atoms with Crippen molar-refractivity contribution in [2.75, 3.05) is 6.54 Å². The molecule has 0 unspecified atom stereocenters. The minimum atomic E-state index is -0.973. The molecule has 1 N–H and O–H groups in total. The Kier molecular flexibility index (Phi) is 2.93. The number of likely N-dealkylation sites (tertiary alicyclic amines) is 1. The van der Waals surface area contributed by atoms with Crippen molar-refractivity contribution in [1.82, 2.24) is 4.90 Å². The maximum Gasteiger partial charge on any atom is 0.411 e. The minimum Gasteiger partial charge on any atom is -0.480 e. The number of nitrogens with zero attached hydrogens (tertiary/aromatic N) is 1. The Hall–Kier alpha value is -1.26. The molecule has 1 fully saturated rings. The maximum absolute atomic E-state index is 11.5. The zero-order valence-electron chi connectivity index (χ0n) is 9.48. The molecule has 0 radical (unpaired) electrons.